The zero-order valence-corrected chi connectivity index (χ0v) is 19.0. The number of anilines is 1. The number of rotatable bonds is 6. The number of fused-ring (bicyclic) bond motifs is 2. The Bertz CT molecular complexity index is 1340. The molecule has 168 valence electrons. The number of nitrogens with zero attached hydrogens (tertiary/aromatic N) is 4. The van der Waals surface area contributed by atoms with Crippen LogP contribution >= 0.6 is 0 Å². The van der Waals surface area contributed by atoms with Crippen molar-refractivity contribution in [3.05, 3.63) is 77.1 Å². The Balaban J connectivity index is 1.49. The number of aromatic nitrogens is 3. The van der Waals surface area contributed by atoms with Gasteiger partial charge in [0.15, 0.2) is 0 Å². The second kappa shape index (κ2) is 8.75. The van der Waals surface area contributed by atoms with Crippen LogP contribution in [0.5, 0.6) is 5.75 Å². The molecule has 0 saturated heterocycles. The molecule has 1 aliphatic heterocycles. The molecule has 33 heavy (non-hydrogen) atoms. The Labute approximate surface area is 192 Å². The van der Waals surface area contributed by atoms with Gasteiger partial charge in [0.1, 0.15) is 23.7 Å². The summed E-state index contributed by atoms with van der Waals surface area (Å²) in [6.07, 6.45) is 5.85. The average Bonchev–Trinajstić information content (AvgIpc) is 3.27. The molecule has 4 aromatic rings. The third kappa shape index (κ3) is 4.12. The summed E-state index contributed by atoms with van der Waals surface area (Å²) in [4.78, 5) is 15.6. The van der Waals surface area contributed by atoms with Crippen molar-refractivity contribution >= 4 is 16.7 Å². The second-order valence-corrected chi connectivity index (χ2v) is 8.65. The summed E-state index contributed by atoms with van der Waals surface area (Å²) in [6, 6.07) is 9.63. The lowest BCUT2D eigenvalue weighted by Crippen LogP contribution is -2.10. The number of nitrogens with one attached hydrogen (secondary N) is 1. The minimum atomic E-state index is -0.239. The highest BCUT2D eigenvalue weighted by atomic mass is 19.1. The maximum absolute atomic E-state index is 14.6. The summed E-state index contributed by atoms with van der Waals surface area (Å²) in [6.45, 7) is 3.89. The molecule has 0 saturated carbocycles. The fraction of sp³-hybridized carbons (Fsp3) is 0.269. The molecule has 1 N–H and O–H groups in total. The maximum atomic E-state index is 14.6. The summed E-state index contributed by atoms with van der Waals surface area (Å²) in [7, 11) is 4.12. The molecule has 1 aliphatic rings. The van der Waals surface area contributed by atoms with Gasteiger partial charge in [0, 0.05) is 48.6 Å². The summed E-state index contributed by atoms with van der Waals surface area (Å²) >= 11 is 0. The van der Waals surface area contributed by atoms with Gasteiger partial charge >= 0.3 is 0 Å². The van der Waals surface area contributed by atoms with Crippen LogP contribution in [0.1, 0.15) is 22.3 Å². The fourth-order valence-electron chi connectivity index (χ4n) is 4.49. The monoisotopic (exact) mass is 443 g/mol. The molecule has 2 aromatic heterocycles. The predicted octanol–water partition coefficient (Wildman–Crippen LogP) is 4.75. The van der Waals surface area contributed by atoms with Crippen molar-refractivity contribution in [2.45, 2.75) is 26.4 Å². The smallest absolute Gasteiger partial charge is 0.137 e. The van der Waals surface area contributed by atoms with Crippen LogP contribution in [0.2, 0.25) is 0 Å². The molecule has 0 atom stereocenters. The van der Waals surface area contributed by atoms with Gasteiger partial charge < -0.3 is 15.0 Å². The molecule has 0 fully saturated rings. The first-order chi connectivity index (χ1) is 16.0. The van der Waals surface area contributed by atoms with E-state index in [-0.39, 0.29) is 5.82 Å². The number of ether oxygens (including phenoxy) is 1. The Morgan fingerprint density at radius 2 is 1.97 bits per heavy atom. The fourth-order valence-corrected chi connectivity index (χ4v) is 4.49. The molecule has 0 unspecified atom stereocenters. The molecular formula is C26H26FN5O. The third-order valence-electron chi connectivity index (χ3n) is 6.00. The van der Waals surface area contributed by atoms with Gasteiger partial charge in [-0.25, -0.2) is 19.3 Å². The third-order valence-corrected chi connectivity index (χ3v) is 6.00. The van der Waals surface area contributed by atoms with E-state index in [0.717, 1.165) is 39.9 Å². The molecule has 0 spiro atoms. The first-order valence-corrected chi connectivity index (χ1v) is 11.0. The number of benzene rings is 2. The van der Waals surface area contributed by atoms with E-state index in [4.69, 9.17) is 4.74 Å². The van der Waals surface area contributed by atoms with Crippen LogP contribution in [0.15, 0.2) is 49.1 Å². The number of hydrogen-bond acceptors (Lipinski definition) is 6. The number of pyridine rings is 1. The molecule has 7 heteroatoms. The van der Waals surface area contributed by atoms with Crippen molar-refractivity contribution in [2.75, 3.05) is 26.0 Å². The lowest BCUT2D eigenvalue weighted by Gasteiger charge is -2.15. The van der Waals surface area contributed by atoms with Crippen molar-refractivity contribution in [3.8, 4) is 16.9 Å². The van der Waals surface area contributed by atoms with E-state index in [1.807, 2.05) is 6.20 Å². The van der Waals surface area contributed by atoms with E-state index in [9.17, 15) is 4.39 Å². The van der Waals surface area contributed by atoms with E-state index in [2.05, 4.69) is 64.4 Å². The molecular weight excluding hydrogens is 417 g/mol. The van der Waals surface area contributed by atoms with Gasteiger partial charge in [-0.05, 0) is 49.8 Å². The predicted molar refractivity (Wildman–Crippen MR) is 128 cm³/mol. The van der Waals surface area contributed by atoms with E-state index in [1.54, 1.807) is 18.6 Å². The van der Waals surface area contributed by atoms with Gasteiger partial charge in [-0.15, -0.1) is 0 Å². The average molecular weight is 444 g/mol. The highest BCUT2D eigenvalue weighted by Gasteiger charge is 2.20. The van der Waals surface area contributed by atoms with Crippen LogP contribution in [0.25, 0.3) is 22.0 Å². The molecule has 5 rings (SSSR count). The summed E-state index contributed by atoms with van der Waals surface area (Å²) in [5.74, 6) is 1.16. The summed E-state index contributed by atoms with van der Waals surface area (Å²) in [5, 5.41) is 4.11. The van der Waals surface area contributed by atoms with Crippen LogP contribution in [0, 0.1) is 12.7 Å². The van der Waals surface area contributed by atoms with Crippen molar-refractivity contribution in [2.24, 2.45) is 0 Å². The van der Waals surface area contributed by atoms with Crippen LogP contribution in [0.3, 0.4) is 0 Å². The lowest BCUT2D eigenvalue weighted by molar-refractivity contribution is 0.356. The highest BCUT2D eigenvalue weighted by Crippen LogP contribution is 2.34. The van der Waals surface area contributed by atoms with Gasteiger partial charge in [-0.3, -0.25) is 0 Å². The van der Waals surface area contributed by atoms with E-state index in [1.165, 1.54) is 17.2 Å². The van der Waals surface area contributed by atoms with E-state index in [0.29, 0.717) is 31.0 Å². The summed E-state index contributed by atoms with van der Waals surface area (Å²) < 4.78 is 20.1. The Kier molecular flexibility index (Phi) is 5.64. The van der Waals surface area contributed by atoms with Crippen LogP contribution < -0.4 is 10.1 Å². The molecule has 0 bridgehead atoms. The molecule has 2 aromatic carbocycles. The molecule has 0 amide bonds. The molecule has 0 aliphatic carbocycles. The summed E-state index contributed by atoms with van der Waals surface area (Å²) in [5.41, 5.74) is 6.82. The zero-order chi connectivity index (χ0) is 22.9. The normalized spacial score (nSPS) is 12.8. The second-order valence-electron chi connectivity index (χ2n) is 8.65. The minimum absolute atomic E-state index is 0.239. The maximum Gasteiger partial charge on any atom is 0.137 e. The molecule has 6 nitrogen and oxygen atoms in total. The number of hydrogen-bond donors (Lipinski definition) is 1. The quantitative estimate of drug-likeness (QED) is 0.464. The molecule has 3 heterocycles. The van der Waals surface area contributed by atoms with Crippen LogP contribution in [-0.4, -0.2) is 40.6 Å². The number of halogens is 1. The van der Waals surface area contributed by atoms with Crippen molar-refractivity contribution < 1.29 is 9.13 Å². The van der Waals surface area contributed by atoms with Crippen LogP contribution in [0.4, 0.5) is 10.2 Å². The Morgan fingerprint density at radius 1 is 1.09 bits per heavy atom. The SMILES string of the molecule is Cc1cc(CN(C)C)ccc1-c1cnc(NCc2c(F)ccc3c2CCO3)c2cncnc12. The van der Waals surface area contributed by atoms with Crippen molar-refractivity contribution in [1.29, 1.82) is 0 Å². The van der Waals surface area contributed by atoms with E-state index < -0.39 is 0 Å². The van der Waals surface area contributed by atoms with Gasteiger partial charge in [0.25, 0.3) is 0 Å². The van der Waals surface area contributed by atoms with Gasteiger partial charge in [0.2, 0.25) is 0 Å². The zero-order valence-electron chi connectivity index (χ0n) is 19.0. The largest absolute Gasteiger partial charge is 0.493 e. The van der Waals surface area contributed by atoms with Gasteiger partial charge in [-0.1, -0.05) is 18.2 Å². The van der Waals surface area contributed by atoms with E-state index >= 15 is 0 Å². The first-order valence-electron chi connectivity index (χ1n) is 11.0. The standard InChI is InChI=1S/C26H26FN5O/c1-16-10-17(14-32(2)3)4-5-18(16)21-13-30-26(22-11-28-15-31-25(21)22)29-12-20-19-8-9-33-24(19)7-6-23(20)27/h4-7,10-11,13,15H,8-9,12,14H2,1-3H3,(H,29,30). The van der Waals surface area contributed by atoms with Crippen LogP contribution in [-0.2, 0) is 19.5 Å². The van der Waals surface area contributed by atoms with Gasteiger partial charge in [0.05, 0.1) is 17.5 Å². The minimum Gasteiger partial charge on any atom is -0.493 e. The Morgan fingerprint density at radius 3 is 2.79 bits per heavy atom. The molecule has 0 radical (unpaired) electrons. The highest BCUT2D eigenvalue weighted by molar-refractivity contribution is 5.99. The lowest BCUT2D eigenvalue weighted by atomic mass is 9.98. The van der Waals surface area contributed by atoms with Crippen molar-refractivity contribution in [1.82, 2.24) is 19.9 Å². The topological polar surface area (TPSA) is 63.2 Å². The van der Waals surface area contributed by atoms with Crippen molar-refractivity contribution in [3.63, 3.8) is 0 Å². The Hall–Kier alpha value is -3.58. The van der Waals surface area contributed by atoms with Gasteiger partial charge in [-0.2, -0.15) is 0 Å². The number of aryl methyl sites for hydroxylation is 1. The first kappa shape index (κ1) is 21.3.